The van der Waals surface area contributed by atoms with Crippen LogP contribution >= 0.6 is 0 Å². The number of hydrogen-bond acceptors (Lipinski definition) is 2. The number of anilines is 1. The lowest BCUT2D eigenvalue weighted by Crippen LogP contribution is -2.13. The smallest absolute Gasteiger partial charge is 0.266 e. The minimum absolute atomic E-state index is 0.217. The lowest BCUT2D eigenvalue weighted by atomic mass is 10.1. The third-order valence-electron chi connectivity index (χ3n) is 2.75. The summed E-state index contributed by atoms with van der Waals surface area (Å²) in [6.07, 6.45) is 0.942. The highest BCUT2D eigenvalue weighted by molar-refractivity contribution is 6.09. The summed E-state index contributed by atoms with van der Waals surface area (Å²) < 4.78 is 39.4. The van der Waals surface area contributed by atoms with Crippen LogP contribution in [0.2, 0.25) is 0 Å². The number of hydrogen-bond donors (Lipinski definition) is 1. The molecule has 1 amide bonds. The summed E-state index contributed by atoms with van der Waals surface area (Å²) >= 11 is 0. The molecule has 22 heavy (non-hydrogen) atoms. The fourth-order valence-electron chi connectivity index (χ4n) is 1.67. The van der Waals surface area contributed by atoms with E-state index < -0.39 is 28.9 Å². The molecule has 0 aliphatic heterocycles. The van der Waals surface area contributed by atoms with Gasteiger partial charge in [0.2, 0.25) is 0 Å². The maximum absolute atomic E-state index is 13.5. The van der Waals surface area contributed by atoms with Crippen molar-refractivity contribution >= 4 is 17.7 Å². The highest BCUT2D eigenvalue weighted by atomic mass is 19.2. The summed E-state index contributed by atoms with van der Waals surface area (Å²) in [6, 6.07) is 9.93. The molecule has 0 radical (unpaired) electrons. The van der Waals surface area contributed by atoms with Gasteiger partial charge in [0.05, 0.1) is 0 Å². The second-order valence-corrected chi connectivity index (χ2v) is 4.27. The molecule has 1 N–H and O–H groups in total. The Morgan fingerprint density at radius 1 is 1.09 bits per heavy atom. The van der Waals surface area contributed by atoms with E-state index in [-0.39, 0.29) is 11.3 Å². The topological polar surface area (TPSA) is 52.9 Å². The lowest BCUT2D eigenvalue weighted by Gasteiger charge is -2.04. The third-order valence-corrected chi connectivity index (χ3v) is 2.75. The van der Waals surface area contributed by atoms with Crippen molar-refractivity contribution in [3.05, 3.63) is 71.1 Å². The van der Waals surface area contributed by atoms with Crippen molar-refractivity contribution in [3.63, 3.8) is 0 Å². The predicted molar refractivity (Wildman–Crippen MR) is 75.0 cm³/mol. The van der Waals surface area contributed by atoms with E-state index in [9.17, 15) is 18.0 Å². The van der Waals surface area contributed by atoms with Crippen LogP contribution in [0.25, 0.3) is 6.08 Å². The molecule has 0 unspecified atom stereocenters. The summed E-state index contributed by atoms with van der Waals surface area (Å²) in [6.45, 7) is 0. The molecule has 0 aromatic heterocycles. The van der Waals surface area contributed by atoms with Crippen molar-refractivity contribution in [3.8, 4) is 6.07 Å². The van der Waals surface area contributed by atoms with Gasteiger partial charge in [0.25, 0.3) is 5.91 Å². The zero-order valence-corrected chi connectivity index (χ0v) is 11.1. The number of carbonyl (C=O) groups excluding carboxylic acids is 1. The summed E-state index contributed by atoms with van der Waals surface area (Å²) in [5.74, 6) is -3.51. The summed E-state index contributed by atoms with van der Waals surface area (Å²) in [5.41, 5.74) is -0.355. The van der Waals surface area contributed by atoms with Gasteiger partial charge in [-0.25, -0.2) is 13.2 Å². The molecule has 0 heterocycles. The van der Waals surface area contributed by atoms with E-state index in [1.165, 1.54) is 24.3 Å². The molecule has 110 valence electrons. The van der Waals surface area contributed by atoms with Gasteiger partial charge in [0, 0.05) is 11.3 Å². The Hall–Kier alpha value is -3.07. The van der Waals surface area contributed by atoms with E-state index in [0.29, 0.717) is 0 Å². The Balaban J connectivity index is 2.26. The highest BCUT2D eigenvalue weighted by Gasteiger charge is 2.12. The molecule has 0 spiro atoms. The van der Waals surface area contributed by atoms with Gasteiger partial charge in [0.15, 0.2) is 11.6 Å². The van der Waals surface area contributed by atoms with E-state index in [1.807, 2.05) is 0 Å². The van der Waals surface area contributed by atoms with Crippen LogP contribution < -0.4 is 5.32 Å². The quantitative estimate of drug-likeness (QED) is 0.695. The second kappa shape index (κ2) is 6.59. The Bertz CT molecular complexity index is 777. The first-order valence-corrected chi connectivity index (χ1v) is 6.14. The van der Waals surface area contributed by atoms with Crippen LogP contribution in [0.15, 0.2) is 48.0 Å². The molecule has 0 atom stereocenters. The first-order valence-electron chi connectivity index (χ1n) is 6.14. The van der Waals surface area contributed by atoms with E-state index in [0.717, 1.165) is 24.3 Å². The van der Waals surface area contributed by atoms with Crippen molar-refractivity contribution in [2.24, 2.45) is 0 Å². The summed E-state index contributed by atoms with van der Waals surface area (Å²) in [4.78, 5) is 11.9. The fraction of sp³-hybridized carbons (Fsp3) is 0. The average Bonchev–Trinajstić information content (AvgIpc) is 2.51. The molecule has 0 bridgehead atoms. The maximum Gasteiger partial charge on any atom is 0.266 e. The van der Waals surface area contributed by atoms with Gasteiger partial charge < -0.3 is 5.32 Å². The molecule has 0 fully saturated rings. The number of halogens is 3. The average molecular weight is 302 g/mol. The van der Waals surface area contributed by atoms with E-state index in [1.54, 1.807) is 6.07 Å². The Morgan fingerprint density at radius 2 is 1.77 bits per heavy atom. The molecule has 2 rings (SSSR count). The first kappa shape index (κ1) is 15.3. The second-order valence-electron chi connectivity index (χ2n) is 4.27. The lowest BCUT2D eigenvalue weighted by molar-refractivity contribution is -0.112. The number of nitrogens with one attached hydrogen (secondary N) is 1. The number of amides is 1. The normalized spacial score (nSPS) is 10.9. The first-order chi connectivity index (χ1) is 10.5. The molecule has 6 heteroatoms. The van der Waals surface area contributed by atoms with Crippen molar-refractivity contribution in [1.82, 2.24) is 0 Å². The molecular weight excluding hydrogens is 293 g/mol. The molecule has 0 aliphatic rings. The van der Waals surface area contributed by atoms with Crippen LogP contribution in [0.1, 0.15) is 5.56 Å². The van der Waals surface area contributed by atoms with Gasteiger partial charge >= 0.3 is 0 Å². The van der Waals surface area contributed by atoms with Crippen LogP contribution in [0.3, 0.4) is 0 Å². The van der Waals surface area contributed by atoms with Crippen molar-refractivity contribution in [1.29, 1.82) is 5.26 Å². The molecule has 0 saturated carbocycles. The van der Waals surface area contributed by atoms with Crippen LogP contribution in [-0.4, -0.2) is 5.91 Å². The summed E-state index contributed by atoms with van der Waals surface area (Å²) in [5, 5.41) is 11.3. The molecule has 2 aromatic rings. The number of carbonyl (C=O) groups is 1. The monoisotopic (exact) mass is 302 g/mol. The van der Waals surface area contributed by atoms with Gasteiger partial charge in [-0.1, -0.05) is 12.1 Å². The fourth-order valence-corrected chi connectivity index (χ4v) is 1.67. The minimum Gasteiger partial charge on any atom is -0.321 e. The molecule has 2 aromatic carbocycles. The predicted octanol–water partition coefficient (Wildman–Crippen LogP) is 3.65. The largest absolute Gasteiger partial charge is 0.321 e. The molecule has 0 saturated heterocycles. The summed E-state index contributed by atoms with van der Waals surface area (Å²) in [7, 11) is 0. The molecular formula is C16H9F3N2O. The van der Waals surface area contributed by atoms with E-state index >= 15 is 0 Å². The number of rotatable bonds is 3. The van der Waals surface area contributed by atoms with Gasteiger partial charge in [0.1, 0.15) is 17.5 Å². The minimum atomic E-state index is -1.15. The SMILES string of the molecule is N#CC(=Cc1cccc(F)c1F)C(=O)Nc1ccc(F)cc1. The number of nitriles is 1. The van der Waals surface area contributed by atoms with Crippen molar-refractivity contribution < 1.29 is 18.0 Å². The van der Waals surface area contributed by atoms with Crippen LogP contribution in [0, 0.1) is 28.8 Å². The van der Waals surface area contributed by atoms with Gasteiger partial charge in [-0.2, -0.15) is 5.26 Å². The highest BCUT2D eigenvalue weighted by Crippen LogP contribution is 2.16. The van der Waals surface area contributed by atoms with Gasteiger partial charge in [-0.05, 0) is 36.4 Å². The van der Waals surface area contributed by atoms with Crippen LogP contribution in [0.4, 0.5) is 18.9 Å². The Morgan fingerprint density at radius 3 is 2.41 bits per heavy atom. The van der Waals surface area contributed by atoms with Crippen molar-refractivity contribution in [2.45, 2.75) is 0 Å². The zero-order chi connectivity index (χ0) is 16.1. The Kier molecular flexibility index (Phi) is 4.59. The van der Waals surface area contributed by atoms with Crippen LogP contribution in [0.5, 0.6) is 0 Å². The van der Waals surface area contributed by atoms with Gasteiger partial charge in [-0.3, -0.25) is 4.79 Å². The molecule has 3 nitrogen and oxygen atoms in total. The van der Waals surface area contributed by atoms with Gasteiger partial charge in [-0.15, -0.1) is 0 Å². The Labute approximate surface area is 124 Å². The third kappa shape index (κ3) is 3.52. The standard InChI is InChI=1S/C16H9F3N2O/c17-12-4-6-13(7-5-12)21-16(22)11(9-20)8-10-2-1-3-14(18)15(10)19/h1-8H,(H,21,22). The van der Waals surface area contributed by atoms with Crippen molar-refractivity contribution in [2.75, 3.05) is 5.32 Å². The molecule has 0 aliphatic carbocycles. The zero-order valence-electron chi connectivity index (χ0n) is 11.1. The van der Waals surface area contributed by atoms with E-state index in [4.69, 9.17) is 5.26 Å². The number of benzene rings is 2. The van der Waals surface area contributed by atoms with E-state index in [2.05, 4.69) is 5.32 Å². The van der Waals surface area contributed by atoms with Crippen LogP contribution in [-0.2, 0) is 4.79 Å². The number of nitrogens with zero attached hydrogens (tertiary/aromatic N) is 1. The maximum atomic E-state index is 13.5.